The van der Waals surface area contributed by atoms with Crippen molar-refractivity contribution in [2.75, 3.05) is 13.2 Å². The van der Waals surface area contributed by atoms with Gasteiger partial charge < -0.3 is 14.3 Å². The SMILES string of the molecule is CC(C)=CC/C=C(\C)[C@@]1(O)C=C(CCO[Si](C)(C)C(C)(C)C)CC[C@]12CO2. The molecular weight excluding hydrogens is 352 g/mol. The minimum absolute atomic E-state index is 0.227. The summed E-state index contributed by atoms with van der Waals surface area (Å²) in [5, 5.41) is 11.8. The highest BCUT2D eigenvalue weighted by atomic mass is 28.4. The zero-order valence-corrected chi connectivity index (χ0v) is 19.7. The molecule has 0 saturated carbocycles. The van der Waals surface area contributed by atoms with Gasteiger partial charge >= 0.3 is 0 Å². The summed E-state index contributed by atoms with van der Waals surface area (Å²) in [5.41, 5.74) is 2.22. The van der Waals surface area contributed by atoms with Gasteiger partial charge in [-0.25, -0.2) is 0 Å². The van der Waals surface area contributed by atoms with Gasteiger partial charge in [-0.15, -0.1) is 0 Å². The van der Waals surface area contributed by atoms with Crippen LogP contribution >= 0.6 is 0 Å². The van der Waals surface area contributed by atoms with Gasteiger partial charge in [-0.05, 0) is 76.2 Å². The van der Waals surface area contributed by atoms with Gasteiger partial charge in [-0.2, -0.15) is 0 Å². The van der Waals surface area contributed by atoms with Crippen LogP contribution in [0.1, 0.15) is 67.2 Å². The highest BCUT2D eigenvalue weighted by Crippen LogP contribution is 2.51. The third kappa shape index (κ3) is 5.03. The van der Waals surface area contributed by atoms with Crippen LogP contribution in [0.15, 0.2) is 34.9 Å². The van der Waals surface area contributed by atoms with Crippen LogP contribution in [0.2, 0.25) is 18.1 Å². The summed E-state index contributed by atoms with van der Waals surface area (Å²) in [6.07, 6.45) is 10.0. The Balaban J connectivity index is 2.09. The Kier molecular flexibility index (Phi) is 6.68. The second-order valence-electron chi connectivity index (χ2n) is 10.1. The summed E-state index contributed by atoms with van der Waals surface area (Å²) in [5.74, 6) is 0. The molecule has 3 nitrogen and oxygen atoms in total. The van der Waals surface area contributed by atoms with Crippen LogP contribution in [0.3, 0.4) is 0 Å². The van der Waals surface area contributed by atoms with Gasteiger partial charge in [0, 0.05) is 6.61 Å². The van der Waals surface area contributed by atoms with Crippen molar-refractivity contribution in [3.8, 4) is 0 Å². The van der Waals surface area contributed by atoms with Crippen LogP contribution < -0.4 is 0 Å². The summed E-state index contributed by atoms with van der Waals surface area (Å²) in [4.78, 5) is 0. The summed E-state index contributed by atoms with van der Waals surface area (Å²) in [6, 6.07) is 0. The zero-order valence-electron chi connectivity index (χ0n) is 18.7. The normalized spacial score (nSPS) is 28.9. The van der Waals surface area contributed by atoms with Gasteiger partial charge in [0.25, 0.3) is 0 Å². The Morgan fingerprint density at radius 1 is 1.26 bits per heavy atom. The van der Waals surface area contributed by atoms with Crippen LogP contribution in [0.25, 0.3) is 0 Å². The van der Waals surface area contributed by atoms with Crippen LogP contribution in [-0.4, -0.2) is 37.8 Å². The summed E-state index contributed by atoms with van der Waals surface area (Å²) < 4.78 is 12.1. The van der Waals surface area contributed by atoms with Crippen LogP contribution in [0, 0.1) is 0 Å². The molecule has 1 heterocycles. The Hall–Kier alpha value is -0.683. The standard InChI is InChI=1S/C23H40O3Si/c1-18(2)10-9-11-19(3)23(24)16-20(12-14-22(23)17-25-22)13-15-26-27(7,8)21(4,5)6/h10-11,16,24H,9,12-15,17H2,1-8H3/b19-11+/t22-,23-/m0/s1. The van der Waals surface area contributed by atoms with Crippen LogP contribution in [-0.2, 0) is 9.16 Å². The second kappa shape index (κ2) is 7.98. The maximum absolute atomic E-state index is 11.5. The zero-order chi connectivity index (χ0) is 20.5. The van der Waals surface area contributed by atoms with E-state index >= 15 is 0 Å². The molecule has 0 bridgehead atoms. The van der Waals surface area contributed by atoms with Crippen molar-refractivity contribution in [2.24, 2.45) is 0 Å². The lowest BCUT2D eigenvalue weighted by molar-refractivity contribution is 0.0230. The van der Waals surface area contributed by atoms with E-state index in [2.05, 4.69) is 65.9 Å². The monoisotopic (exact) mass is 392 g/mol. The van der Waals surface area contributed by atoms with Crippen molar-refractivity contribution in [1.82, 2.24) is 0 Å². The lowest BCUT2D eigenvalue weighted by Crippen LogP contribution is -2.47. The fraction of sp³-hybridized carbons (Fsp3) is 0.739. The summed E-state index contributed by atoms with van der Waals surface area (Å²) in [7, 11) is -1.72. The molecule has 2 aliphatic rings. The first-order valence-electron chi connectivity index (χ1n) is 10.3. The molecule has 0 aromatic carbocycles. The van der Waals surface area contributed by atoms with Gasteiger partial charge in [0.1, 0.15) is 11.2 Å². The Bertz CT molecular complexity index is 628. The molecule has 1 N–H and O–H groups in total. The molecular formula is C23H40O3Si. The fourth-order valence-electron chi connectivity index (χ4n) is 3.45. The van der Waals surface area contributed by atoms with E-state index < -0.39 is 19.5 Å². The highest BCUT2D eigenvalue weighted by Gasteiger charge is 2.61. The second-order valence-corrected chi connectivity index (χ2v) is 14.9. The van der Waals surface area contributed by atoms with E-state index in [9.17, 15) is 5.11 Å². The molecule has 1 aliphatic carbocycles. The summed E-state index contributed by atoms with van der Waals surface area (Å²) >= 11 is 0. The molecule has 4 heteroatoms. The molecule has 27 heavy (non-hydrogen) atoms. The molecule has 2 atom stereocenters. The van der Waals surface area contributed by atoms with E-state index in [1.54, 1.807) is 0 Å². The average Bonchev–Trinajstić information content (AvgIpc) is 3.30. The number of hydrogen-bond donors (Lipinski definition) is 1. The molecule has 154 valence electrons. The predicted molar refractivity (Wildman–Crippen MR) is 117 cm³/mol. The third-order valence-corrected chi connectivity index (χ3v) is 11.2. The van der Waals surface area contributed by atoms with E-state index in [4.69, 9.17) is 9.16 Å². The maximum atomic E-state index is 11.5. The smallest absolute Gasteiger partial charge is 0.191 e. The minimum atomic E-state index is -1.72. The fourth-order valence-corrected chi connectivity index (χ4v) is 4.50. The molecule has 0 amide bonds. The quantitative estimate of drug-likeness (QED) is 0.332. The van der Waals surface area contributed by atoms with E-state index in [1.165, 1.54) is 11.1 Å². The number of epoxide rings is 1. The van der Waals surface area contributed by atoms with E-state index in [-0.39, 0.29) is 5.04 Å². The molecule has 1 saturated heterocycles. The van der Waals surface area contributed by atoms with E-state index in [0.717, 1.165) is 37.9 Å². The topological polar surface area (TPSA) is 42.0 Å². The van der Waals surface area contributed by atoms with Crippen molar-refractivity contribution in [1.29, 1.82) is 0 Å². The van der Waals surface area contributed by atoms with Gasteiger partial charge in [-0.1, -0.05) is 44.1 Å². The molecule has 0 aromatic heterocycles. The van der Waals surface area contributed by atoms with Crippen LogP contribution in [0.4, 0.5) is 0 Å². The molecule has 1 spiro atoms. The lowest BCUT2D eigenvalue weighted by Gasteiger charge is -2.38. The van der Waals surface area contributed by atoms with Gasteiger partial charge in [0.05, 0.1) is 6.61 Å². The van der Waals surface area contributed by atoms with Gasteiger partial charge in [-0.3, -0.25) is 0 Å². The Morgan fingerprint density at radius 3 is 2.41 bits per heavy atom. The lowest BCUT2D eigenvalue weighted by atomic mass is 9.72. The number of aliphatic hydroxyl groups is 1. The minimum Gasteiger partial charge on any atom is -0.417 e. The highest BCUT2D eigenvalue weighted by molar-refractivity contribution is 6.74. The van der Waals surface area contributed by atoms with Crippen molar-refractivity contribution in [2.45, 2.75) is 96.6 Å². The number of rotatable bonds is 7. The third-order valence-electron chi connectivity index (χ3n) is 6.69. The Labute approximate surface area is 167 Å². The maximum Gasteiger partial charge on any atom is 0.191 e. The van der Waals surface area contributed by atoms with Crippen molar-refractivity contribution in [3.05, 3.63) is 34.9 Å². The van der Waals surface area contributed by atoms with E-state index in [0.29, 0.717) is 6.61 Å². The van der Waals surface area contributed by atoms with Crippen molar-refractivity contribution >= 4 is 8.32 Å². The average molecular weight is 393 g/mol. The molecule has 0 aromatic rings. The molecule has 0 unspecified atom stereocenters. The Morgan fingerprint density at radius 2 is 1.89 bits per heavy atom. The van der Waals surface area contributed by atoms with E-state index in [1.807, 2.05) is 6.92 Å². The molecule has 1 fully saturated rings. The molecule has 0 radical (unpaired) electrons. The number of hydrogen-bond acceptors (Lipinski definition) is 3. The molecule has 2 rings (SSSR count). The van der Waals surface area contributed by atoms with Gasteiger partial charge in [0.15, 0.2) is 8.32 Å². The summed E-state index contributed by atoms with van der Waals surface area (Å²) in [6.45, 7) is 19.0. The predicted octanol–water partition coefficient (Wildman–Crippen LogP) is 5.92. The molecule has 1 aliphatic heterocycles. The number of allylic oxidation sites excluding steroid dienone is 3. The largest absolute Gasteiger partial charge is 0.417 e. The van der Waals surface area contributed by atoms with Crippen molar-refractivity contribution < 1.29 is 14.3 Å². The first-order valence-corrected chi connectivity index (χ1v) is 13.3. The first kappa shape index (κ1) is 22.6. The van der Waals surface area contributed by atoms with Crippen molar-refractivity contribution in [3.63, 3.8) is 0 Å². The number of ether oxygens (including phenoxy) is 1. The van der Waals surface area contributed by atoms with Crippen LogP contribution in [0.5, 0.6) is 0 Å². The van der Waals surface area contributed by atoms with Gasteiger partial charge in [0.2, 0.25) is 0 Å². The first-order chi connectivity index (χ1) is 12.3.